The van der Waals surface area contributed by atoms with Crippen LogP contribution in [0, 0.1) is 32.3 Å². The number of pyridine rings is 1. The minimum absolute atomic E-state index is 0.122. The summed E-state index contributed by atoms with van der Waals surface area (Å²) >= 11 is 0. The Kier molecular flexibility index (Phi) is 11.2. The van der Waals surface area contributed by atoms with E-state index in [0.717, 1.165) is 69.1 Å². The Hall–Kier alpha value is -4.55. The van der Waals surface area contributed by atoms with E-state index in [4.69, 9.17) is 4.74 Å². The van der Waals surface area contributed by atoms with Gasteiger partial charge in [-0.3, -0.25) is 19.8 Å². The fraction of sp³-hybridized carbons (Fsp3) is 0.551. The van der Waals surface area contributed by atoms with E-state index >= 15 is 0 Å². The second kappa shape index (κ2) is 16.3. The largest absolute Gasteiger partial charge is 0.455 e. The molecule has 0 radical (unpaired) electrons. The SMILES string of the molecule is CCC12CC(C3=C(CN4CCN(c5ccc(C(=O)CS(=O)(=O)c6ccc(CCC7CCCCC7)c([N+](=O)[O-])c6)c(Oc6cnc7[nH]ccc7c6)c5)CC4)CCC(C)(C)C3)(C1)C2. The normalized spacial score (nSPS) is 24.3. The molecule has 12 heteroatoms. The van der Waals surface area contributed by atoms with Crippen LogP contribution in [0.3, 0.4) is 0 Å². The quantitative estimate of drug-likeness (QED) is 0.0536. The third kappa shape index (κ3) is 8.51. The molecule has 324 valence electrons. The lowest BCUT2D eigenvalue weighted by atomic mass is 9.31. The number of aryl methyl sites for hydroxylation is 1. The lowest BCUT2D eigenvalue weighted by molar-refractivity contribution is -0.385. The molecule has 1 N–H and O–H groups in total. The second-order valence-corrected chi connectivity index (χ2v) is 22.0. The predicted molar refractivity (Wildman–Crippen MR) is 239 cm³/mol. The highest BCUT2D eigenvalue weighted by Gasteiger charge is 2.68. The van der Waals surface area contributed by atoms with Crippen LogP contribution in [0.25, 0.3) is 11.0 Å². The van der Waals surface area contributed by atoms with E-state index < -0.39 is 26.3 Å². The minimum atomic E-state index is -4.24. The number of fused-ring (bicyclic) bond motifs is 1. The summed E-state index contributed by atoms with van der Waals surface area (Å²) < 4.78 is 34.0. The van der Waals surface area contributed by atoms with Gasteiger partial charge in [0.2, 0.25) is 0 Å². The smallest absolute Gasteiger partial charge is 0.273 e. The number of sulfone groups is 1. The van der Waals surface area contributed by atoms with Crippen LogP contribution in [-0.2, 0) is 16.3 Å². The van der Waals surface area contributed by atoms with Crippen LogP contribution < -0.4 is 9.64 Å². The van der Waals surface area contributed by atoms with Crippen molar-refractivity contribution in [3.63, 3.8) is 0 Å². The van der Waals surface area contributed by atoms with Gasteiger partial charge in [-0.05, 0) is 104 Å². The molecule has 0 unspecified atom stereocenters. The highest BCUT2D eigenvalue weighted by atomic mass is 32.2. The van der Waals surface area contributed by atoms with Gasteiger partial charge in [0.05, 0.1) is 21.6 Å². The number of anilines is 1. The zero-order valence-corrected chi connectivity index (χ0v) is 37.0. The van der Waals surface area contributed by atoms with Crippen LogP contribution in [-0.4, -0.2) is 72.5 Å². The maximum absolute atomic E-state index is 14.1. The maximum Gasteiger partial charge on any atom is 0.273 e. The molecule has 4 saturated carbocycles. The first-order valence-corrected chi connectivity index (χ1v) is 24.4. The summed E-state index contributed by atoms with van der Waals surface area (Å²) in [7, 11) is -4.24. The van der Waals surface area contributed by atoms with E-state index in [2.05, 4.69) is 40.5 Å². The number of H-pyrrole nitrogens is 1. The summed E-state index contributed by atoms with van der Waals surface area (Å²) in [6, 6.07) is 13.2. The molecule has 5 fully saturated rings. The van der Waals surface area contributed by atoms with Crippen LogP contribution >= 0.6 is 0 Å². The lowest BCUT2D eigenvalue weighted by Crippen LogP contribution is -2.63. The molecule has 2 bridgehead atoms. The molecule has 10 rings (SSSR count). The average molecular weight is 848 g/mol. The zero-order chi connectivity index (χ0) is 42.6. The highest BCUT2D eigenvalue weighted by Crippen LogP contribution is 2.79. The van der Waals surface area contributed by atoms with Crippen LogP contribution in [0.4, 0.5) is 11.4 Å². The number of nitrogens with zero attached hydrogens (tertiary/aromatic N) is 4. The monoisotopic (exact) mass is 847 g/mol. The van der Waals surface area contributed by atoms with E-state index in [9.17, 15) is 23.3 Å². The van der Waals surface area contributed by atoms with Gasteiger partial charge >= 0.3 is 0 Å². The number of benzene rings is 2. The van der Waals surface area contributed by atoms with Gasteiger partial charge in [0.25, 0.3) is 5.69 Å². The number of hydrogen-bond acceptors (Lipinski definition) is 9. The van der Waals surface area contributed by atoms with E-state index in [1.807, 2.05) is 24.3 Å². The van der Waals surface area contributed by atoms with Crippen molar-refractivity contribution in [3.8, 4) is 11.5 Å². The molecule has 11 nitrogen and oxygen atoms in total. The van der Waals surface area contributed by atoms with Crippen molar-refractivity contribution in [1.29, 1.82) is 0 Å². The number of carbonyl (C=O) groups excluding carboxylic acids is 1. The van der Waals surface area contributed by atoms with Gasteiger partial charge in [-0.15, -0.1) is 0 Å². The van der Waals surface area contributed by atoms with Crippen LogP contribution in [0.2, 0.25) is 0 Å². The molecule has 4 aromatic rings. The van der Waals surface area contributed by atoms with Crippen molar-refractivity contribution in [2.75, 3.05) is 43.4 Å². The number of allylic oxidation sites excluding steroid dienone is 1. The molecule has 0 atom stereocenters. The minimum Gasteiger partial charge on any atom is -0.455 e. The van der Waals surface area contributed by atoms with E-state index in [-0.39, 0.29) is 21.9 Å². The van der Waals surface area contributed by atoms with Crippen molar-refractivity contribution < 1.29 is 22.9 Å². The van der Waals surface area contributed by atoms with Gasteiger partial charge in [-0.25, -0.2) is 13.4 Å². The number of nitro groups is 1. The molecule has 0 amide bonds. The molecular formula is C49H61N5O6S. The summed E-state index contributed by atoms with van der Waals surface area (Å²) in [5, 5.41) is 13.0. The van der Waals surface area contributed by atoms with Gasteiger partial charge < -0.3 is 14.6 Å². The Bertz CT molecular complexity index is 2460. The predicted octanol–water partition coefficient (Wildman–Crippen LogP) is 10.6. The molecule has 61 heavy (non-hydrogen) atoms. The molecular weight excluding hydrogens is 787 g/mol. The van der Waals surface area contributed by atoms with Gasteiger partial charge in [0.15, 0.2) is 15.6 Å². The zero-order valence-electron chi connectivity index (χ0n) is 36.1. The number of Topliss-reactive ketones (excluding diaryl/α,β-unsaturated/α-hetero) is 1. The fourth-order valence-corrected chi connectivity index (χ4v) is 12.8. The molecule has 6 aliphatic rings. The van der Waals surface area contributed by atoms with E-state index in [1.165, 1.54) is 70.3 Å². The standard InChI is InChI=1S/C49H61N5O6S/c1-4-48-31-49(32-48,33-48)42-27-47(2,3)18-16-37(42)29-52-20-22-53(23-21-52)38-13-15-41(45(25-38)60-39-24-36-17-19-50-46(36)51-28-39)44(55)30-61(58,59)40-14-12-35(43(26-40)54(56)57)11-10-34-8-6-5-7-9-34/h12-15,17,19,24-26,28,34H,4-11,16,18,20-23,27,29-33H2,1-3H3,(H,50,51). The number of aromatic nitrogens is 2. The van der Waals surface area contributed by atoms with Crippen molar-refractivity contribution in [2.45, 2.75) is 116 Å². The number of hydrogen-bond donors (Lipinski definition) is 1. The summed E-state index contributed by atoms with van der Waals surface area (Å²) in [4.78, 5) is 37.9. The molecule has 2 aromatic heterocycles. The Morgan fingerprint density at radius 1 is 1.00 bits per heavy atom. The number of ketones is 1. The number of nitrogens with one attached hydrogen (secondary N) is 1. The van der Waals surface area contributed by atoms with Gasteiger partial charge in [-0.1, -0.05) is 76.5 Å². The van der Waals surface area contributed by atoms with E-state index in [0.29, 0.717) is 45.5 Å². The number of piperazine rings is 1. The average Bonchev–Trinajstić information content (AvgIpc) is 3.69. The first kappa shape index (κ1) is 41.8. The second-order valence-electron chi connectivity index (χ2n) is 20.0. The van der Waals surface area contributed by atoms with E-state index in [1.54, 1.807) is 35.7 Å². The Balaban J connectivity index is 0.919. The van der Waals surface area contributed by atoms with Crippen LogP contribution in [0.15, 0.2) is 77.0 Å². The molecule has 0 spiro atoms. The van der Waals surface area contributed by atoms with Crippen molar-refractivity contribution >= 4 is 38.0 Å². The molecule has 1 aliphatic heterocycles. The van der Waals surface area contributed by atoms with Crippen LogP contribution in [0.5, 0.6) is 11.5 Å². The molecule has 3 heterocycles. The topological polar surface area (TPSA) is 139 Å². The first-order chi connectivity index (χ1) is 29.2. The molecule has 2 aromatic carbocycles. The van der Waals surface area contributed by atoms with Crippen LogP contribution in [0.1, 0.15) is 120 Å². The fourth-order valence-electron chi connectivity index (χ4n) is 11.6. The lowest BCUT2D eigenvalue weighted by Gasteiger charge is -2.73. The number of aromatic amines is 1. The summed E-state index contributed by atoms with van der Waals surface area (Å²) in [5.74, 6) is -0.324. The molecule has 5 aliphatic carbocycles. The summed E-state index contributed by atoms with van der Waals surface area (Å²) in [5.41, 5.74) is 6.96. The van der Waals surface area contributed by atoms with Gasteiger partial charge in [0, 0.05) is 67.7 Å². The third-order valence-electron chi connectivity index (χ3n) is 15.2. The Morgan fingerprint density at radius 3 is 2.51 bits per heavy atom. The first-order valence-electron chi connectivity index (χ1n) is 22.7. The van der Waals surface area contributed by atoms with Crippen molar-refractivity contribution in [2.24, 2.45) is 22.2 Å². The summed E-state index contributed by atoms with van der Waals surface area (Å²) in [6.45, 7) is 11.7. The third-order valence-corrected chi connectivity index (χ3v) is 16.8. The Morgan fingerprint density at radius 2 is 1.77 bits per heavy atom. The Labute approximate surface area is 360 Å². The number of nitro benzene ring substituents is 1. The highest BCUT2D eigenvalue weighted by molar-refractivity contribution is 7.92. The number of rotatable bonds is 15. The number of carbonyl (C=O) groups is 1. The molecule has 1 saturated heterocycles. The number of ether oxygens (including phenoxy) is 1. The summed E-state index contributed by atoms with van der Waals surface area (Å²) in [6.07, 6.45) is 19.7. The van der Waals surface area contributed by atoms with Gasteiger partial charge in [0.1, 0.15) is 22.9 Å². The van der Waals surface area contributed by atoms with Gasteiger partial charge in [-0.2, -0.15) is 0 Å². The maximum atomic E-state index is 14.1. The van der Waals surface area contributed by atoms with Crippen molar-refractivity contribution in [3.05, 3.63) is 93.3 Å². The van der Waals surface area contributed by atoms with Crippen molar-refractivity contribution in [1.82, 2.24) is 14.9 Å².